The summed E-state index contributed by atoms with van der Waals surface area (Å²) in [5.74, 6) is 0.239. The molecule has 0 atom stereocenters. The largest absolute Gasteiger partial charge is 0.303 e. The van der Waals surface area contributed by atoms with E-state index in [1.165, 1.54) is 51.7 Å². The van der Waals surface area contributed by atoms with Crippen molar-refractivity contribution in [3.05, 3.63) is 34.9 Å². The molecule has 0 amide bonds. The van der Waals surface area contributed by atoms with Gasteiger partial charge in [0.2, 0.25) is 0 Å². The number of benzene rings is 1. The van der Waals surface area contributed by atoms with Gasteiger partial charge in [0.25, 0.3) is 0 Å². The fourth-order valence-electron chi connectivity index (χ4n) is 2.94. The third-order valence-electron chi connectivity index (χ3n) is 4.24. The van der Waals surface area contributed by atoms with Gasteiger partial charge in [-0.2, -0.15) is 0 Å². The molecule has 116 valence electrons. The summed E-state index contributed by atoms with van der Waals surface area (Å²) in [5, 5.41) is 0.685. The Morgan fingerprint density at radius 1 is 0.952 bits per heavy atom. The Labute approximate surface area is 133 Å². The van der Waals surface area contributed by atoms with Gasteiger partial charge >= 0.3 is 0 Å². The third kappa shape index (κ3) is 6.19. The number of nitrogens with zero attached hydrogens (tertiary/aromatic N) is 1. The van der Waals surface area contributed by atoms with Gasteiger partial charge in [-0.25, -0.2) is 0 Å². The van der Waals surface area contributed by atoms with E-state index in [9.17, 15) is 4.79 Å². The van der Waals surface area contributed by atoms with Crippen LogP contribution in [0.3, 0.4) is 0 Å². The van der Waals surface area contributed by atoms with Crippen molar-refractivity contribution in [1.82, 2.24) is 4.90 Å². The number of likely N-dealkylation sites (tertiary alicyclic amines) is 1. The molecule has 0 aliphatic carbocycles. The van der Waals surface area contributed by atoms with E-state index in [2.05, 4.69) is 4.90 Å². The molecule has 2 rings (SSSR count). The van der Waals surface area contributed by atoms with Gasteiger partial charge in [0.1, 0.15) is 0 Å². The zero-order chi connectivity index (χ0) is 14.9. The minimum absolute atomic E-state index is 0.239. The first-order valence-electron chi connectivity index (χ1n) is 8.27. The van der Waals surface area contributed by atoms with E-state index in [4.69, 9.17) is 11.6 Å². The Balaban J connectivity index is 1.53. The van der Waals surface area contributed by atoms with Crippen molar-refractivity contribution in [3.8, 4) is 0 Å². The van der Waals surface area contributed by atoms with Crippen LogP contribution in [-0.4, -0.2) is 30.3 Å². The van der Waals surface area contributed by atoms with Crippen LogP contribution in [0, 0.1) is 0 Å². The molecule has 1 aromatic rings. The highest BCUT2D eigenvalue weighted by molar-refractivity contribution is 6.30. The molecule has 1 heterocycles. The average Bonchev–Trinajstić information content (AvgIpc) is 2.52. The number of hydrogen-bond acceptors (Lipinski definition) is 2. The van der Waals surface area contributed by atoms with Crippen LogP contribution in [-0.2, 0) is 0 Å². The van der Waals surface area contributed by atoms with Gasteiger partial charge in [0.05, 0.1) is 0 Å². The van der Waals surface area contributed by atoms with Gasteiger partial charge in [-0.1, -0.05) is 30.9 Å². The average molecular weight is 308 g/mol. The number of unbranched alkanes of at least 4 members (excludes halogenated alkanes) is 3. The molecule has 21 heavy (non-hydrogen) atoms. The smallest absolute Gasteiger partial charge is 0.162 e. The van der Waals surface area contributed by atoms with Crippen molar-refractivity contribution in [2.75, 3.05) is 19.6 Å². The lowest BCUT2D eigenvalue weighted by molar-refractivity contribution is 0.0979. The molecular weight excluding hydrogens is 282 g/mol. The molecular formula is C18H26ClNO. The second-order valence-electron chi connectivity index (χ2n) is 6.00. The summed E-state index contributed by atoms with van der Waals surface area (Å²) in [6, 6.07) is 7.21. The number of hydrogen-bond donors (Lipinski definition) is 0. The number of halogens is 1. The summed E-state index contributed by atoms with van der Waals surface area (Å²) in [6.07, 6.45) is 9.48. The molecule has 2 nitrogen and oxygen atoms in total. The number of Topliss-reactive ketones (excluding diaryl/α,β-unsaturated/α-hetero) is 1. The molecule has 1 aliphatic rings. The van der Waals surface area contributed by atoms with E-state index in [0.717, 1.165) is 18.4 Å². The van der Waals surface area contributed by atoms with Crippen LogP contribution in [0.2, 0.25) is 5.02 Å². The van der Waals surface area contributed by atoms with Gasteiger partial charge in [-0.3, -0.25) is 4.79 Å². The number of carbonyl (C=O) groups excluding carboxylic acids is 1. The van der Waals surface area contributed by atoms with Crippen molar-refractivity contribution < 1.29 is 4.79 Å². The highest BCUT2D eigenvalue weighted by Gasteiger charge is 2.09. The fourth-order valence-corrected chi connectivity index (χ4v) is 3.06. The van der Waals surface area contributed by atoms with Crippen molar-refractivity contribution in [2.45, 2.75) is 51.4 Å². The lowest BCUT2D eigenvalue weighted by atomic mass is 10.0. The molecule has 0 radical (unpaired) electrons. The van der Waals surface area contributed by atoms with Crippen LogP contribution in [0.15, 0.2) is 24.3 Å². The van der Waals surface area contributed by atoms with Gasteiger partial charge in [-0.05, 0) is 69.6 Å². The lowest BCUT2D eigenvalue weighted by Gasteiger charge is -2.26. The van der Waals surface area contributed by atoms with E-state index >= 15 is 0 Å². The summed E-state index contributed by atoms with van der Waals surface area (Å²) < 4.78 is 0. The Morgan fingerprint density at radius 3 is 2.33 bits per heavy atom. The van der Waals surface area contributed by atoms with E-state index in [0.29, 0.717) is 11.4 Å². The van der Waals surface area contributed by atoms with Crippen LogP contribution < -0.4 is 0 Å². The topological polar surface area (TPSA) is 20.3 Å². The van der Waals surface area contributed by atoms with Crippen molar-refractivity contribution in [3.63, 3.8) is 0 Å². The second kappa shape index (κ2) is 9.22. The SMILES string of the molecule is O=C(CCCCCCN1CCCCC1)c1ccc(Cl)cc1. The monoisotopic (exact) mass is 307 g/mol. The molecule has 0 bridgehead atoms. The third-order valence-corrected chi connectivity index (χ3v) is 4.50. The summed E-state index contributed by atoms with van der Waals surface area (Å²) >= 11 is 5.83. The summed E-state index contributed by atoms with van der Waals surface area (Å²) in [7, 11) is 0. The standard InChI is InChI=1S/C18H26ClNO/c19-17-11-9-16(10-12-17)18(21)8-4-1-2-5-13-20-14-6-3-7-15-20/h9-12H,1-8,13-15H2. The Kier molecular flexibility index (Phi) is 7.25. The maximum atomic E-state index is 12.0. The maximum absolute atomic E-state index is 12.0. The summed E-state index contributed by atoms with van der Waals surface area (Å²) in [4.78, 5) is 14.6. The number of piperidine rings is 1. The van der Waals surface area contributed by atoms with Gasteiger partial charge in [0.15, 0.2) is 5.78 Å². The molecule has 0 unspecified atom stereocenters. The molecule has 1 aromatic carbocycles. The van der Waals surface area contributed by atoms with Gasteiger partial charge in [0, 0.05) is 17.0 Å². The van der Waals surface area contributed by atoms with Crippen molar-refractivity contribution in [1.29, 1.82) is 0 Å². The number of ketones is 1. The first-order chi connectivity index (χ1) is 10.3. The Morgan fingerprint density at radius 2 is 1.62 bits per heavy atom. The molecule has 1 aliphatic heterocycles. The molecule has 0 saturated carbocycles. The number of rotatable bonds is 8. The van der Waals surface area contributed by atoms with Crippen LogP contribution in [0.4, 0.5) is 0 Å². The predicted octanol–water partition coefficient (Wildman–Crippen LogP) is 4.96. The Bertz CT molecular complexity index is 423. The molecule has 0 aromatic heterocycles. The van der Waals surface area contributed by atoms with E-state index in [-0.39, 0.29) is 5.78 Å². The molecule has 0 N–H and O–H groups in total. The second-order valence-corrected chi connectivity index (χ2v) is 6.43. The first kappa shape index (κ1) is 16.5. The lowest BCUT2D eigenvalue weighted by Crippen LogP contribution is -2.30. The van der Waals surface area contributed by atoms with Crippen LogP contribution >= 0.6 is 11.6 Å². The molecule has 1 saturated heterocycles. The minimum Gasteiger partial charge on any atom is -0.303 e. The first-order valence-corrected chi connectivity index (χ1v) is 8.64. The maximum Gasteiger partial charge on any atom is 0.162 e. The van der Waals surface area contributed by atoms with E-state index < -0.39 is 0 Å². The molecule has 0 spiro atoms. The molecule has 1 fully saturated rings. The minimum atomic E-state index is 0.239. The van der Waals surface area contributed by atoms with Crippen molar-refractivity contribution >= 4 is 17.4 Å². The zero-order valence-corrected chi connectivity index (χ0v) is 13.6. The highest BCUT2D eigenvalue weighted by atomic mass is 35.5. The summed E-state index contributed by atoms with van der Waals surface area (Å²) in [6.45, 7) is 3.81. The van der Waals surface area contributed by atoms with Crippen molar-refractivity contribution in [2.24, 2.45) is 0 Å². The van der Waals surface area contributed by atoms with Crippen LogP contribution in [0.1, 0.15) is 61.7 Å². The fraction of sp³-hybridized carbons (Fsp3) is 0.611. The highest BCUT2D eigenvalue weighted by Crippen LogP contribution is 2.14. The van der Waals surface area contributed by atoms with E-state index in [1.54, 1.807) is 12.1 Å². The zero-order valence-electron chi connectivity index (χ0n) is 12.8. The quantitative estimate of drug-likeness (QED) is 0.500. The normalized spacial score (nSPS) is 16.0. The van der Waals surface area contributed by atoms with E-state index in [1.807, 2.05) is 12.1 Å². The number of carbonyl (C=O) groups is 1. The predicted molar refractivity (Wildman–Crippen MR) is 89.2 cm³/mol. The van der Waals surface area contributed by atoms with Gasteiger partial charge < -0.3 is 4.90 Å². The van der Waals surface area contributed by atoms with Crippen LogP contribution in [0.5, 0.6) is 0 Å². The molecule has 3 heteroatoms. The summed E-state index contributed by atoms with van der Waals surface area (Å²) in [5.41, 5.74) is 0.785. The Hall–Kier alpha value is -0.860. The van der Waals surface area contributed by atoms with Crippen LogP contribution in [0.25, 0.3) is 0 Å². The van der Waals surface area contributed by atoms with Gasteiger partial charge in [-0.15, -0.1) is 0 Å².